The molecule has 1 amide bonds. The van der Waals surface area contributed by atoms with Crippen molar-refractivity contribution in [3.05, 3.63) is 77.4 Å². The average molecular weight is 335 g/mol. The summed E-state index contributed by atoms with van der Waals surface area (Å²) in [6.45, 7) is 4.88. The third kappa shape index (κ3) is 5.02. The quantitative estimate of drug-likeness (QED) is 0.854. The van der Waals surface area contributed by atoms with Crippen LogP contribution in [0, 0.1) is 0 Å². The average Bonchev–Trinajstić information content (AvgIpc) is 2.68. The van der Waals surface area contributed by atoms with E-state index in [-0.39, 0.29) is 5.91 Å². The molecule has 25 heavy (non-hydrogen) atoms. The molecule has 0 bridgehead atoms. The first kappa shape index (κ1) is 17.4. The van der Waals surface area contributed by atoms with E-state index in [0.717, 1.165) is 43.9 Å². The van der Waals surface area contributed by atoms with Crippen LogP contribution in [-0.2, 0) is 17.9 Å². The Morgan fingerprint density at radius 3 is 2.24 bits per heavy atom. The molecule has 1 saturated heterocycles. The molecule has 2 N–H and O–H groups in total. The first-order valence-electron chi connectivity index (χ1n) is 8.77. The van der Waals surface area contributed by atoms with Gasteiger partial charge in [0, 0.05) is 45.3 Å². The molecule has 0 atom stereocenters. The molecular weight excluding hydrogens is 310 g/mol. The topological polar surface area (TPSA) is 49.6 Å². The van der Waals surface area contributed by atoms with Crippen molar-refractivity contribution in [2.75, 3.05) is 26.2 Å². The fourth-order valence-electron chi connectivity index (χ4n) is 3.01. The van der Waals surface area contributed by atoms with Crippen molar-refractivity contribution in [1.29, 1.82) is 0 Å². The van der Waals surface area contributed by atoms with E-state index in [1.807, 2.05) is 41.3 Å². The first-order valence-corrected chi connectivity index (χ1v) is 8.77. The minimum Gasteiger partial charge on any atom is -0.337 e. The zero-order valence-electron chi connectivity index (χ0n) is 14.5. The van der Waals surface area contributed by atoms with E-state index in [0.29, 0.717) is 6.54 Å². The summed E-state index contributed by atoms with van der Waals surface area (Å²) < 4.78 is 0. The molecule has 2 aromatic rings. The van der Waals surface area contributed by atoms with Crippen molar-refractivity contribution in [3.8, 4) is 0 Å². The van der Waals surface area contributed by atoms with Gasteiger partial charge in [0.05, 0.1) is 0 Å². The van der Waals surface area contributed by atoms with Crippen molar-refractivity contribution >= 4 is 12.0 Å². The molecule has 0 spiro atoms. The van der Waals surface area contributed by atoms with E-state index in [1.165, 1.54) is 5.56 Å². The zero-order chi connectivity index (χ0) is 17.5. The number of hydrogen-bond donors (Lipinski definition) is 1. The van der Waals surface area contributed by atoms with Gasteiger partial charge in [-0.3, -0.25) is 9.69 Å². The van der Waals surface area contributed by atoms with Crippen LogP contribution < -0.4 is 5.73 Å². The Kier molecular flexibility index (Phi) is 5.99. The van der Waals surface area contributed by atoms with Crippen LogP contribution in [0.25, 0.3) is 6.08 Å². The Morgan fingerprint density at radius 2 is 1.60 bits per heavy atom. The van der Waals surface area contributed by atoms with Crippen LogP contribution in [0.1, 0.15) is 16.7 Å². The number of benzene rings is 2. The second-order valence-electron chi connectivity index (χ2n) is 6.37. The number of carbonyl (C=O) groups excluding carboxylic acids is 1. The van der Waals surface area contributed by atoms with E-state index in [1.54, 1.807) is 6.08 Å². The zero-order valence-corrected chi connectivity index (χ0v) is 14.5. The molecule has 1 fully saturated rings. The van der Waals surface area contributed by atoms with Crippen molar-refractivity contribution < 1.29 is 4.79 Å². The molecule has 4 nitrogen and oxygen atoms in total. The molecule has 1 aliphatic heterocycles. The van der Waals surface area contributed by atoms with Crippen molar-refractivity contribution in [2.24, 2.45) is 5.73 Å². The van der Waals surface area contributed by atoms with Crippen LogP contribution >= 0.6 is 0 Å². The molecule has 1 aliphatic rings. The Balaban J connectivity index is 1.48. The number of rotatable bonds is 5. The molecule has 2 aromatic carbocycles. The molecule has 1 heterocycles. The number of nitrogens with zero attached hydrogens (tertiary/aromatic N) is 2. The minimum absolute atomic E-state index is 0.0854. The van der Waals surface area contributed by atoms with E-state index < -0.39 is 0 Å². The van der Waals surface area contributed by atoms with Crippen LogP contribution in [0.4, 0.5) is 0 Å². The summed E-state index contributed by atoms with van der Waals surface area (Å²) in [5, 5.41) is 0. The Morgan fingerprint density at radius 1 is 0.920 bits per heavy atom. The summed E-state index contributed by atoms with van der Waals surface area (Å²) in [5.41, 5.74) is 9.04. The maximum Gasteiger partial charge on any atom is 0.246 e. The predicted molar refractivity (Wildman–Crippen MR) is 102 cm³/mol. The van der Waals surface area contributed by atoms with Crippen LogP contribution in [0.5, 0.6) is 0 Å². The lowest BCUT2D eigenvalue weighted by Crippen LogP contribution is -2.47. The normalized spacial score (nSPS) is 15.6. The van der Waals surface area contributed by atoms with Gasteiger partial charge in [0.15, 0.2) is 0 Å². The lowest BCUT2D eigenvalue weighted by atomic mass is 10.1. The highest BCUT2D eigenvalue weighted by Crippen LogP contribution is 2.10. The fourth-order valence-corrected chi connectivity index (χ4v) is 3.01. The highest BCUT2D eigenvalue weighted by Gasteiger charge is 2.19. The minimum atomic E-state index is 0.0854. The van der Waals surface area contributed by atoms with Gasteiger partial charge < -0.3 is 10.6 Å². The largest absolute Gasteiger partial charge is 0.337 e. The summed E-state index contributed by atoms with van der Waals surface area (Å²) in [5.74, 6) is 0.0854. The van der Waals surface area contributed by atoms with Gasteiger partial charge in [-0.2, -0.15) is 0 Å². The standard InChI is InChI=1S/C21H25N3O/c22-16-19-8-6-18(7-9-19)10-11-21(25)24-14-12-23(13-15-24)17-20-4-2-1-3-5-20/h1-11H,12-17,22H2/b11-10+. The Bertz CT molecular complexity index is 702. The van der Waals surface area contributed by atoms with Gasteiger partial charge in [-0.1, -0.05) is 54.6 Å². The summed E-state index contributed by atoms with van der Waals surface area (Å²) in [6.07, 6.45) is 3.54. The number of nitrogens with two attached hydrogens (primary N) is 1. The molecule has 3 rings (SSSR count). The van der Waals surface area contributed by atoms with Gasteiger partial charge in [0.2, 0.25) is 5.91 Å². The lowest BCUT2D eigenvalue weighted by Gasteiger charge is -2.34. The van der Waals surface area contributed by atoms with Crippen LogP contribution in [0.15, 0.2) is 60.7 Å². The van der Waals surface area contributed by atoms with E-state index >= 15 is 0 Å². The summed E-state index contributed by atoms with van der Waals surface area (Å²) in [4.78, 5) is 16.7. The van der Waals surface area contributed by atoms with E-state index in [9.17, 15) is 4.79 Å². The number of piperazine rings is 1. The van der Waals surface area contributed by atoms with Crippen molar-refractivity contribution in [3.63, 3.8) is 0 Å². The highest BCUT2D eigenvalue weighted by molar-refractivity contribution is 5.91. The molecule has 130 valence electrons. The molecule has 4 heteroatoms. The van der Waals surface area contributed by atoms with Gasteiger partial charge in [-0.15, -0.1) is 0 Å². The van der Waals surface area contributed by atoms with Crippen LogP contribution in [-0.4, -0.2) is 41.9 Å². The fraction of sp³-hybridized carbons (Fsp3) is 0.286. The second kappa shape index (κ2) is 8.60. The van der Waals surface area contributed by atoms with E-state index in [2.05, 4.69) is 29.2 Å². The molecular formula is C21H25N3O. The lowest BCUT2D eigenvalue weighted by molar-refractivity contribution is -0.127. The number of hydrogen-bond acceptors (Lipinski definition) is 3. The maximum atomic E-state index is 12.4. The van der Waals surface area contributed by atoms with Crippen molar-refractivity contribution in [2.45, 2.75) is 13.1 Å². The third-order valence-electron chi connectivity index (χ3n) is 4.57. The smallest absolute Gasteiger partial charge is 0.246 e. The van der Waals surface area contributed by atoms with Gasteiger partial charge in [0.1, 0.15) is 0 Å². The van der Waals surface area contributed by atoms with Gasteiger partial charge >= 0.3 is 0 Å². The monoisotopic (exact) mass is 335 g/mol. The SMILES string of the molecule is NCc1ccc(/C=C/C(=O)N2CCN(Cc3ccccc3)CC2)cc1. The van der Waals surface area contributed by atoms with Gasteiger partial charge in [0.25, 0.3) is 0 Å². The maximum absolute atomic E-state index is 12.4. The number of amides is 1. The Labute approximate surface area is 149 Å². The second-order valence-corrected chi connectivity index (χ2v) is 6.37. The van der Waals surface area contributed by atoms with E-state index in [4.69, 9.17) is 5.73 Å². The molecule has 0 unspecified atom stereocenters. The molecule has 0 saturated carbocycles. The molecule has 0 aliphatic carbocycles. The van der Waals surface area contributed by atoms with Crippen LogP contribution in [0.3, 0.4) is 0 Å². The van der Waals surface area contributed by atoms with Crippen LogP contribution in [0.2, 0.25) is 0 Å². The highest BCUT2D eigenvalue weighted by atomic mass is 16.2. The molecule has 0 radical (unpaired) electrons. The summed E-state index contributed by atoms with van der Waals surface area (Å²) in [6, 6.07) is 18.4. The van der Waals surface area contributed by atoms with Gasteiger partial charge in [-0.05, 0) is 22.8 Å². The number of carbonyl (C=O) groups is 1. The van der Waals surface area contributed by atoms with Crippen molar-refractivity contribution in [1.82, 2.24) is 9.80 Å². The third-order valence-corrected chi connectivity index (χ3v) is 4.57. The Hall–Kier alpha value is -2.43. The first-order chi connectivity index (χ1) is 12.2. The summed E-state index contributed by atoms with van der Waals surface area (Å²) in [7, 11) is 0. The predicted octanol–water partition coefficient (Wildman–Crippen LogP) is 2.50. The molecule has 0 aromatic heterocycles. The summed E-state index contributed by atoms with van der Waals surface area (Å²) >= 11 is 0. The van der Waals surface area contributed by atoms with Gasteiger partial charge in [-0.25, -0.2) is 0 Å².